The van der Waals surface area contributed by atoms with Gasteiger partial charge in [0.15, 0.2) is 16.3 Å². The van der Waals surface area contributed by atoms with E-state index in [2.05, 4.69) is 16.9 Å². The van der Waals surface area contributed by atoms with Crippen LogP contribution in [0.4, 0.5) is 0 Å². The van der Waals surface area contributed by atoms with Crippen molar-refractivity contribution in [3.63, 3.8) is 0 Å². The maximum atomic E-state index is 12.5. The Morgan fingerprint density at radius 1 is 0.909 bits per heavy atom. The number of hydrogen-bond donors (Lipinski definition) is 2. The molecule has 2 rings (SSSR count). The number of H-pyrrole nitrogens is 1. The first-order valence-electron chi connectivity index (χ1n) is 13.0. The number of aromatic amines is 1. The molecule has 0 saturated carbocycles. The molecule has 2 aromatic heterocycles. The Morgan fingerprint density at radius 2 is 1.42 bits per heavy atom. The van der Waals surface area contributed by atoms with E-state index >= 15 is 0 Å². The second-order valence-corrected chi connectivity index (χ2v) is 10.3. The van der Waals surface area contributed by atoms with Crippen molar-refractivity contribution >= 4 is 22.9 Å². The molecule has 0 aliphatic carbocycles. The van der Waals surface area contributed by atoms with Crippen molar-refractivity contribution < 1.29 is 5.11 Å². The molecule has 0 aromatic carbocycles. The third kappa shape index (κ3) is 9.32. The second kappa shape index (κ2) is 15.4. The number of rotatable bonds is 18. The number of aliphatic hydroxyl groups is 1. The molecule has 33 heavy (non-hydrogen) atoms. The summed E-state index contributed by atoms with van der Waals surface area (Å²) in [5.41, 5.74) is -0.00215. The number of aliphatic hydroxyl groups excluding tert-OH is 1. The highest BCUT2D eigenvalue weighted by Gasteiger charge is 2.17. The minimum absolute atomic E-state index is 0.394. The Kier molecular flexibility index (Phi) is 12.9. The van der Waals surface area contributed by atoms with Gasteiger partial charge in [0.2, 0.25) is 0 Å². The third-order valence-electron chi connectivity index (χ3n) is 6.16. The van der Waals surface area contributed by atoms with Crippen LogP contribution in [0.1, 0.15) is 104 Å². The van der Waals surface area contributed by atoms with E-state index in [1.54, 1.807) is 14.0 Å². The molecule has 0 aliphatic rings. The zero-order chi connectivity index (χ0) is 24.1. The first-order chi connectivity index (χ1) is 16.0. The van der Waals surface area contributed by atoms with Gasteiger partial charge < -0.3 is 9.67 Å². The molecule has 7 nitrogen and oxygen atoms in total. The largest absolute Gasteiger partial charge is 0.393 e. The van der Waals surface area contributed by atoms with Crippen LogP contribution in [0.2, 0.25) is 0 Å². The lowest BCUT2D eigenvalue weighted by atomic mass is 10.0. The van der Waals surface area contributed by atoms with E-state index in [9.17, 15) is 14.7 Å². The van der Waals surface area contributed by atoms with E-state index < -0.39 is 17.4 Å². The van der Waals surface area contributed by atoms with Gasteiger partial charge in [0.25, 0.3) is 5.56 Å². The lowest BCUT2D eigenvalue weighted by Crippen LogP contribution is -2.29. The summed E-state index contributed by atoms with van der Waals surface area (Å²) in [6.45, 7) is 4.69. The fourth-order valence-electron chi connectivity index (χ4n) is 4.19. The predicted octanol–water partition coefficient (Wildman–Crippen LogP) is 5.38. The Balaban J connectivity index is 1.74. The third-order valence-corrected chi connectivity index (χ3v) is 7.38. The minimum atomic E-state index is -0.466. The summed E-state index contributed by atoms with van der Waals surface area (Å²) in [6.07, 6.45) is 17.8. The van der Waals surface area contributed by atoms with Gasteiger partial charge in [-0.15, -0.1) is 0 Å². The summed E-state index contributed by atoms with van der Waals surface area (Å²) in [5, 5.41) is 10.3. The monoisotopic (exact) mass is 480 g/mol. The van der Waals surface area contributed by atoms with Crippen LogP contribution in [-0.4, -0.2) is 36.1 Å². The number of hydrogen-bond acceptors (Lipinski definition) is 5. The van der Waals surface area contributed by atoms with Crippen LogP contribution in [0.15, 0.2) is 14.7 Å². The van der Waals surface area contributed by atoms with Gasteiger partial charge in [-0.2, -0.15) is 0 Å². The first-order valence-corrected chi connectivity index (χ1v) is 13.9. The van der Waals surface area contributed by atoms with Gasteiger partial charge in [0.05, 0.1) is 6.10 Å². The summed E-state index contributed by atoms with van der Waals surface area (Å²) in [4.78, 5) is 31.4. The number of aromatic nitrogens is 4. The summed E-state index contributed by atoms with van der Waals surface area (Å²) in [5.74, 6) is 0.494. The molecular formula is C25H44N4O3S. The van der Waals surface area contributed by atoms with Crippen molar-refractivity contribution in [3.8, 4) is 0 Å². The molecule has 2 N–H and O–H groups in total. The quantitative estimate of drug-likeness (QED) is 0.221. The number of nitrogens with one attached hydrogen (secondary N) is 1. The fraction of sp³-hybridized carbons (Fsp3) is 0.800. The van der Waals surface area contributed by atoms with Crippen LogP contribution in [0.25, 0.3) is 11.2 Å². The molecule has 0 radical (unpaired) electrons. The number of imidazole rings is 1. The average molecular weight is 481 g/mol. The summed E-state index contributed by atoms with van der Waals surface area (Å²) in [7, 11) is 1.62. The summed E-state index contributed by atoms with van der Waals surface area (Å²) in [6, 6.07) is 0. The van der Waals surface area contributed by atoms with Gasteiger partial charge in [0, 0.05) is 19.3 Å². The molecule has 0 amide bonds. The van der Waals surface area contributed by atoms with Crippen LogP contribution < -0.4 is 11.2 Å². The number of fused-ring (bicyclic) bond motifs is 1. The lowest BCUT2D eigenvalue weighted by molar-refractivity contribution is 0.220. The molecular weight excluding hydrogens is 436 g/mol. The van der Waals surface area contributed by atoms with Crippen molar-refractivity contribution in [2.75, 3.05) is 5.75 Å². The molecule has 188 valence electrons. The van der Waals surface area contributed by atoms with Crippen LogP contribution in [0.3, 0.4) is 0 Å². The molecule has 0 spiro atoms. The zero-order valence-electron chi connectivity index (χ0n) is 20.9. The Labute approximate surface area is 202 Å². The van der Waals surface area contributed by atoms with Crippen LogP contribution in [-0.2, 0) is 13.6 Å². The molecule has 1 unspecified atom stereocenters. The highest BCUT2D eigenvalue weighted by atomic mass is 32.2. The summed E-state index contributed by atoms with van der Waals surface area (Å²) >= 11 is 1.42. The van der Waals surface area contributed by atoms with Gasteiger partial charge in [-0.25, -0.2) is 9.78 Å². The van der Waals surface area contributed by atoms with Gasteiger partial charge in [-0.3, -0.25) is 14.3 Å². The Hall–Kier alpha value is -1.54. The van der Waals surface area contributed by atoms with Crippen LogP contribution in [0.5, 0.6) is 0 Å². The van der Waals surface area contributed by atoms with Crippen molar-refractivity contribution in [1.29, 1.82) is 0 Å². The fourth-order valence-corrected chi connectivity index (χ4v) is 5.07. The van der Waals surface area contributed by atoms with Crippen molar-refractivity contribution in [3.05, 3.63) is 20.8 Å². The van der Waals surface area contributed by atoms with Gasteiger partial charge in [-0.1, -0.05) is 102 Å². The molecule has 0 fully saturated rings. The minimum Gasteiger partial charge on any atom is -0.393 e. The molecule has 1 atom stereocenters. The highest BCUT2D eigenvalue weighted by molar-refractivity contribution is 7.99. The van der Waals surface area contributed by atoms with E-state index in [0.717, 1.165) is 12.8 Å². The van der Waals surface area contributed by atoms with E-state index in [1.165, 1.54) is 93.4 Å². The Bertz CT molecular complexity index is 932. The molecule has 2 aromatic rings. The van der Waals surface area contributed by atoms with E-state index in [0.29, 0.717) is 28.6 Å². The van der Waals surface area contributed by atoms with Gasteiger partial charge in [0.1, 0.15) is 0 Å². The zero-order valence-corrected chi connectivity index (χ0v) is 21.7. The number of thioether (sulfide) groups is 1. The maximum absolute atomic E-state index is 12.5. The number of aryl methyl sites for hydroxylation is 2. The molecule has 2 heterocycles. The highest BCUT2D eigenvalue weighted by Crippen LogP contribution is 2.23. The van der Waals surface area contributed by atoms with Crippen LogP contribution >= 0.6 is 11.8 Å². The molecule has 0 aliphatic heterocycles. The van der Waals surface area contributed by atoms with Crippen molar-refractivity contribution in [1.82, 2.24) is 19.1 Å². The normalized spacial score (nSPS) is 12.6. The van der Waals surface area contributed by atoms with Crippen molar-refractivity contribution in [2.24, 2.45) is 7.05 Å². The SMILES string of the molecule is CCCCCCCCCCCCCCCCn1c(SCC(C)O)nc2c1c(=O)[nH]c(=O)n2C. The van der Waals surface area contributed by atoms with Gasteiger partial charge >= 0.3 is 5.69 Å². The summed E-state index contributed by atoms with van der Waals surface area (Å²) < 4.78 is 3.30. The van der Waals surface area contributed by atoms with E-state index in [4.69, 9.17) is 0 Å². The topological polar surface area (TPSA) is 92.9 Å². The van der Waals surface area contributed by atoms with E-state index in [-0.39, 0.29) is 0 Å². The number of nitrogens with zero attached hydrogens (tertiary/aromatic N) is 3. The van der Waals surface area contributed by atoms with Crippen molar-refractivity contribution in [2.45, 2.75) is 122 Å². The predicted molar refractivity (Wildman–Crippen MR) is 138 cm³/mol. The Morgan fingerprint density at radius 3 is 1.94 bits per heavy atom. The molecule has 0 bridgehead atoms. The maximum Gasteiger partial charge on any atom is 0.329 e. The standard InChI is InChI=1S/C25H44N4O3S/c1-4-5-6-7-8-9-10-11-12-13-14-15-16-17-18-29-21-22(26-25(29)33-19-20(2)30)28(3)24(32)27-23(21)31/h20,30H,4-19H2,1-3H3,(H,27,31,32). The smallest absolute Gasteiger partial charge is 0.329 e. The second-order valence-electron chi connectivity index (χ2n) is 9.29. The van der Waals surface area contributed by atoms with Crippen LogP contribution in [0, 0.1) is 0 Å². The van der Waals surface area contributed by atoms with E-state index in [1.807, 2.05) is 4.57 Å². The van der Waals surface area contributed by atoms with Gasteiger partial charge in [-0.05, 0) is 13.3 Å². The number of unbranched alkanes of at least 4 members (excludes halogenated alkanes) is 13. The lowest BCUT2D eigenvalue weighted by Gasteiger charge is -2.09. The first kappa shape index (κ1) is 27.7. The molecule has 0 saturated heterocycles. The molecule has 8 heteroatoms. The average Bonchev–Trinajstić information content (AvgIpc) is 3.15.